The van der Waals surface area contributed by atoms with E-state index in [0.717, 1.165) is 25.9 Å². The molecule has 1 atom stereocenters. The molecule has 0 fully saturated rings. The van der Waals surface area contributed by atoms with E-state index in [1.165, 1.54) is 0 Å². The van der Waals surface area contributed by atoms with Gasteiger partial charge in [-0.1, -0.05) is 13.8 Å². The van der Waals surface area contributed by atoms with Crippen molar-refractivity contribution in [1.29, 1.82) is 0 Å². The molecule has 0 aromatic carbocycles. The fraction of sp³-hybridized carbons (Fsp3) is 1.00. The molecule has 0 aromatic rings. The van der Waals surface area contributed by atoms with Crippen LogP contribution in [0.4, 0.5) is 0 Å². The number of aliphatic hydroxyl groups excluding tert-OH is 1. The molecule has 0 bridgehead atoms. The van der Waals surface area contributed by atoms with Crippen LogP contribution in [0.2, 0.25) is 0 Å². The molecule has 104 valence electrons. The lowest BCUT2D eigenvalue weighted by Crippen LogP contribution is -2.49. The van der Waals surface area contributed by atoms with Crippen LogP contribution < -0.4 is 5.32 Å². The fourth-order valence-electron chi connectivity index (χ4n) is 1.86. The first-order valence-corrected chi connectivity index (χ1v) is 6.49. The van der Waals surface area contributed by atoms with Crippen LogP contribution >= 0.6 is 0 Å². The van der Waals surface area contributed by atoms with Crippen molar-refractivity contribution in [2.75, 3.05) is 33.5 Å². The number of rotatable bonds is 11. The topological polar surface area (TPSA) is 50.7 Å². The molecule has 0 heterocycles. The van der Waals surface area contributed by atoms with Crippen LogP contribution in [0.3, 0.4) is 0 Å². The van der Waals surface area contributed by atoms with Crippen molar-refractivity contribution in [1.82, 2.24) is 5.32 Å². The number of unbranched alkanes of at least 4 members (excludes halogenated alkanes) is 1. The molecule has 4 nitrogen and oxygen atoms in total. The highest BCUT2D eigenvalue weighted by atomic mass is 16.5. The average Bonchev–Trinajstić information content (AvgIpc) is 2.27. The maximum Gasteiger partial charge on any atom is 0.0700 e. The van der Waals surface area contributed by atoms with Crippen LogP contribution in [0, 0.1) is 0 Å². The quantitative estimate of drug-likeness (QED) is 0.544. The Balaban J connectivity index is 3.55. The lowest BCUT2D eigenvalue weighted by Gasteiger charge is -2.31. The number of ether oxygens (including phenoxy) is 2. The van der Waals surface area contributed by atoms with E-state index < -0.39 is 0 Å². The van der Waals surface area contributed by atoms with Crippen LogP contribution in [-0.4, -0.2) is 50.2 Å². The molecule has 2 N–H and O–H groups in total. The number of methoxy groups -OCH3 is 1. The number of hydrogen-bond acceptors (Lipinski definition) is 4. The van der Waals surface area contributed by atoms with Gasteiger partial charge in [0.05, 0.1) is 19.8 Å². The van der Waals surface area contributed by atoms with Gasteiger partial charge in [-0.25, -0.2) is 0 Å². The molecule has 0 radical (unpaired) electrons. The summed E-state index contributed by atoms with van der Waals surface area (Å²) in [5.41, 5.74) is -0.166. The molecule has 0 saturated heterocycles. The van der Waals surface area contributed by atoms with Crippen LogP contribution in [0.5, 0.6) is 0 Å². The van der Waals surface area contributed by atoms with Gasteiger partial charge < -0.3 is 19.9 Å². The van der Waals surface area contributed by atoms with Gasteiger partial charge in [0.2, 0.25) is 0 Å². The summed E-state index contributed by atoms with van der Waals surface area (Å²) < 4.78 is 10.3. The van der Waals surface area contributed by atoms with Gasteiger partial charge in [0.1, 0.15) is 0 Å². The lowest BCUT2D eigenvalue weighted by molar-refractivity contribution is 0.0667. The molecule has 17 heavy (non-hydrogen) atoms. The highest BCUT2D eigenvalue weighted by molar-refractivity contribution is 4.83. The zero-order valence-electron chi connectivity index (χ0n) is 11.8. The Morgan fingerprint density at radius 2 is 1.88 bits per heavy atom. The Morgan fingerprint density at radius 3 is 2.41 bits per heavy atom. The summed E-state index contributed by atoms with van der Waals surface area (Å²) in [4.78, 5) is 0. The monoisotopic (exact) mass is 247 g/mol. The van der Waals surface area contributed by atoms with Crippen LogP contribution in [0.1, 0.15) is 40.0 Å². The summed E-state index contributed by atoms with van der Waals surface area (Å²) in [7, 11) is 1.67. The molecule has 0 aliphatic heterocycles. The van der Waals surface area contributed by atoms with Gasteiger partial charge >= 0.3 is 0 Å². The van der Waals surface area contributed by atoms with Crippen molar-refractivity contribution in [3.05, 3.63) is 0 Å². The van der Waals surface area contributed by atoms with Gasteiger partial charge in [0, 0.05) is 25.3 Å². The van der Waals surface area contributed by atoms with E-state index >= 15 is 0 Å². The first kappa shape index (κ1) is 16.8. The summed E-state index contributed by atoms with van der Waals surface area (Å²) in [5.74, 6) is 0. The van der Waals surface area contributed by atoms with Gasteiger partial charge in [0.25, 0.3) is 0 Å². The average molecular weight is 247 g/mol. The highest BCUT2D eigenvalue weighted by Gasteiger charge is 2.22. The van der Waals surface area contributed by atoms with Gasteiger partial charge in [0.15, 0.2) is 0 Å². The van der Waals surface area contributed by atoms with Crippen LogP contribution in [0.15, 0.2) is 0 Å². The maximum atomic E-state index is 9.40. The van der Waals surface area contributed by atoms with Gasteiger partial charge in [-0.15, -0.1) is 0 Å². The Labute approximate surface area is 106 Å². The van der Waals surface area contributed by atoms with E-state index in [9.17, 15) is 5.11 Å². The fourth-order valence-corrected chi connectivity index (χ4v) is 1.86. The smallest absolute Gasteiger partial charge is 0.0700 e. The van der Waals surface area contributed by atoms with Gasteiger partial charge in [-0.05, 0) is 26.2 Å². The molecule has 4 heteroatoms. The Hall–Kier alpha value is -0.160. The predicted molar refractivity (Wildman–Crippen MR) is 70.3 cm³/mol. The van der Waals surface area contributed by atoms with Crippen molar-refractivity contribution in [3.8, 4) is 0 Å². The molecule has 0 rings (SSSR count). The second kappa shape index (κ2) is 9.83. The summed E-state index contributed by atoms with van der Waals surface area (Å²) >= 11 is 0. The molecular formula is C13H29NO3. The minimum atomic E-state index is -0.166. The normalized spacial score (nSPS) is 15.2. The van der Waals surface area contributed by atoms with Gasteiger partial charge in [-0.3, -0.25) is 0 Å². The Morgan fingerprint density at radius 1 is 1.18 bits per heavy atom. The molecule has 0 aliphatic carbocycles. The molecular weight excluding hydrogens is 218 g/mol. The number of hydrogen-bond donors (Lipinski definition) is 2. The van der Waals surface area contributed by atoms with Crippen molar-refractivity contribution in [3.63, 3.8) is 0 Å². The third-order valence-corrected chi connectivity index (χ3v) is 2.69. The summed E-state index contributed by atoms with van der Waals surface area (Å²) in [6.07, 6.45) is 3.05. The zero-order valence-corrected chi connectivity index (χ0v) is 11.8. The number of nitrogens with one attached hydrogen (secondary N) is 1. The van der Waals surface area contributed by atoms with E-state index in [-0.39, 0.29) is 12.1 Å². The standard InChI is InChI=1S/C13H29NO3/c1-12(2)14-13(3,11-15)7-5-6-8-17-10-9-16-4/h12,14-15H,5-11H2,1-4H3. The molecule has 0 saturated carbocycles. The van der Waals surface area contributed by atoms with E-state index in [1.807, 2.05) is 0 Å². The van der Waals surface area contributed by atoms with E-state index in [0.29, 0.717) is 19.3 Å². The summed E-state index contributed by atoms with van der Waals surface area (Å²) in [6, 6.07) is 0.394. The predicted octanol–water partition coefficient (Wildman–Crippen LogP) is 1.57. The van der Waals surface area contributed by atoms with Crippen molar-refractivity contribution < 1.29 is 14.6 Å². The van der Waals surface area contributed by atoms with Crippen LogP contribution in [-0.2, 0) is 9.47 Å². The number of aliphatic hydroxyl groups is 1. The van der Waals surface area contributed by atoms with E-state index in [1.54, 1.807) is 7.11 Å². The summed E-state index contributed by atoms with van der Waals surface area (Å²) in [6.45, 7) is 8.53. The second-order valence-corrected chi connectivity index (χ2v) is 5.08. The zero-order chi connectivity index (χ0) is 13.1. The second-order valence-electron chi connectivity index (χ2n) is 5.08. The maximum absolute atomic E-state index is 9.40. The van der Waals surface area contributed by atoms with Crippen molar-refractivity contribution >= 4 is 0 Å². The first-order chi connectivity index (χ1) is 8.04. The SMILES string of the molecule is COCCOCCCCC(C)(CO)NC(C)C. The molecule has 0 amide bonds. The molecule has 1 unspecified atom stereocenters. The van der Waals surface area contributed by atoms with E-state index in [4.69, 9.17) is 9.47 Å². The third kappa shape index (κ3) is 9.53. The Kier molecular flexibility index (Phi) is 9.74. The van der Waals surface area contributed by atoms with Crippen molar-refractivity contribution in [2.24, 2.45) is 0 Å². The molecule has 0 aliphatic rings. The first-order valence-electron chi connectivity index (χ1n) is 6.49. The van der Waals surface area contributed by atoms with Crippen LogP contribution in [0.25, 0.3) is 0 Å². The minimum Gasteiger partial charge on any atom is -0.394 e. The molecule has 0 aromatic heterocycles. The van der Waals surface area contributed by atoms with E-state index in [2.05, 4.69) is 26.1 Å². The Bertz CT molecular complexity index is 176. The van der Waals surface area contributed by atoms with Crippen molar-refractivity contribution in [2.45, 2.75) is 51.6 Å². The largest absolute Gasteiger partial charge is 0.394 e. The van der Waals surface area contributed by atoms with Gasteiger partial charge in [-0.2, -0.15) is 0 Å². The highest BCUT2D eigenvalue weighted by Crippen LogP contribution is 2.14. The lowest BCUT2D eigenvalue weighted by atomic mass is 9.95. The minimum absolute atomic E-state index is 0.166. The summed E-state index contributed by atoms with van der Waals surface area (Å²) in [5, 5.41) is 12.8. The molecule has 0 spiro atoms. The third-order valence-electron chi connectivity index (χ3n) is 2.69.